The molecule has 1 fully saturated rings. The third kappa shape index (κ3) is 4.73. The number of carbonyl (C=O) groups excluding carboxylic acids is 1. The van der Waals surface area contributed by atoms with Crippen molar-refractivity contribution in [2.75, 3.05) is 14.2 Å². The lowest BCUT2D eigenvalue weighted by Gasteiger charge is -2.35. The van der Waals surface area contributed by atoms with Crippen LogP contribution < -0.4 is 26.0 Å². The van der Waals surface area contributed by atoms with E-state index in [-0.39, 0.29) is 17.6 Å². The highest BCUT2D eigenvalue weighted by molar-refractivity contribution is 7.27. The molecule has 3 aromatic rings. The van der Waals surface area contributed by atoms with E-state index < -0.39 is 11.2 Å². The average molecular weight is 497 g/mol. The van der Waals surface area contributed by atoms with E-state index in [1.807, 2.05) is 20.9 Å². The largest absolute Gasteiger partial charge is 0.496 e. The molecule has 0 saturated heterocycles. The first-order valence-electron chi connectivity index (χ1n) is 11.3. The smallest absolute Gasteiger partial charge is 0.349 e. The van der Waals surface area contributed by atoms with E-state index >= 15 is 0 Å². The number of aromatic nitrogens is 3. The Hall–Kier alpha value is -3.45. The molecule has 0 spiro atoms. The molecule has 1 aromatic heterocycles. The van der Waals surface area contributed by atoms with Crippen LogP contribution >= 0.6 is 9.24 Å². The first kappa shape index (κ1) is 24.7. The summed E-state index contributed by atoms with van der Waals surface area (Å²) in [5.74, 6) is 1.49. The molecule has 35 heavy (non-hydrogen) atoms. The quantitative estimate of drug-likeness (QED) is 0.526. The van der Waals surface area contributed by atoms with Gasteiger partial charge in [-0.05, 0) is 75.4 Å². The molecular weight excluding hydrogens is 467 g/mol. The summed E-state index contributed by atoms with van der Waals surface area (Å²) in [4.78, 5) is 41.2. The first-order valence-corrected chi connectivity index (χ1v) is 11.9. The number of carbonyl (C=O) groups is 1. The number of nitrogens with one attached hydrogen (secondary N) is 1. The van der Waals surface area contributed by atoms with Crippen molar-refractivity contribution < 1.29 is 14.3 Å². The van der Waals surface area contributed by atoms with Gasteiger partial charge in [-0.1, -0.05) is 0 Å². The SMILES string of the molecule is COc1cc(P)c(Oc2c(C)cc(-n3nc(C)c(=O)[nH]c3=O)cc2C)cc1C(=O)N(C)C1CCC1. The highest BCUT2D eigenvalue weighted by atomic mass is 31.0. The zero-order valence-corrected chi connectivity index (χ0v) is 21.6. The van der Waals surface area contributed by atoms with Crippen molar-refractivity contribution in [2.24, 2.45) is 0 Å². The topological polar surface area (TPSA) is 107 Å². The molecule has 0 radical (unpaired) electrons. The second-order valence-electron chi connectivity index (χ2n) is 8.86. The standard InChI is InChI=1S/C25H29N4O5P/c1-13-9-17(29-25(32)26-23(30)15(3)27-29)10-14(2)22(13)34-20-11-18(19(33-5)12-21(20)35)24(31)28(4)16-7-6-8-16/h9-12,16H,6-8,35H2,1-5H3,(H,26,30,32). The minimum atomic E-state index is -0.616. The number of aryl methyl sites for hydroxylation is 3. The lowest BCUT2D eigenvalue weighted by molar-refractivity contribution is 0.0648. The Labute approximate surface area is 205 Å². The highest BCUT2D eigenvalue weighted by Gasteiger charge is 2.28. The maximum absolute atomic E-state index is 13.2. The summed E-state index contributed by atoms with van der Waals surface area (Å²) in [7, 11) is 5.99. The van der Waals surface area contributed by atoms with Gasteiger partial charge in [0.25, 0.3) is 11.5 Å². The number of aromatic amines is 1. The Morgan fingerprint density at radius 1 is 1.11 bits per heavy atom. The number of rotatable bonds is 6. The van der Waals surface area contributed by atoms with Crippen LogP contribution in [-0.4, -0.2) is 45.8 Å². The lowest BCUT2D eigenvalue weighted by Crippen LogP contribution is -2.41. The molecule has 1 unspecified atom stereocenters. The summed E-state index contributed by atoms with van der Waals surface area (Å²) in [5, 5.41) is 4.84. The fourth-order valence-electron chi connectivity index (χ4n) is 4.11. The molecule has 9 nitrogen and oxygen atoms in total. The van der Waals surface area contributed by atoms with Gasteiger partial charge in [0.2, 0.25) is 0 Å². The molecule has 1 atom stereocenters. The summed E-state index contributed by atoms with van der Waals surface area (Å²) >= 11 is 0. The van der Waals surface area contributed by atoms with Crippen LogP contribution in [0.2, 0.25) is 0 Å². The van der Waals surface area contributed by atoms with Gasteiger partial charge in [0, 0.05) is 18.4 Å². The van der Waals surface area contributed by atoms with Crippen molar-refractivity contribution in [1.82, 2.24) is 19.7 Å². The summed E-state index contributed by atoms with van der Waals surface area (Å²) in [6.45, 7) is 5.26. The molecular formula is C25H29N4O5P. The van der Waals surface area contributed by atoms with Crippen LogP contribution in [0.1, 0.15) is 46.4 Å². The molecule has 1 aliphatic rings. The van der Waals surface area contributed by atoms with Gasteiger partial charge in [0.05, 0.1) is 18.4 Å². The van der Waals surface area contributed by atoms with Gasteiger partial charge in [0.1, 0.15) is 22.9 Å². The minimum Gasteiger partial charge on any atom is -0.496 e. The predicted molar refractivity (Wildman–Crippen MR) is 137 cm³/mol. The Bertz CT molecular complexity index is 1400. The number of nitrogens with zero attached hydrogens (tertiary/aromatic N) is 3. The van der Waals surface area contributed by atoms with Gasteiger partial charge < -0.3 is 14.4 Å². The van der Waals surface area contributed by atoms with Crippen LogP contribution in [-0.2, 0) is 0 Å². The zero-order chi connectivity index (χ0) is 25.4. The van der Waals surface area contributed by atoms with E-state index in [0.717, 1.165) is 40.4 Å². The van der Waals surface area contributed by atoms with Gasteiger partial charge in [-0.25, -0.2) is 4.79 Å². The molecule has 1 saturated carbocycles. The van der Waals surface area contributed by atoms with Gasteiger partial charge in [-0.3, -0.25) is 14.6 Å². The maximum atomic E-state index is 13.2. The van der Waals surface area contributed by atoms with Gasteiger partial charge in [0.15, 0.2) is 0 Å². The van der Waals surface area contributed by atoms with Crippen molar-refractivity contribution in [3.8, 4) is 22.9 Å². The molecule has 1 aliphatic carbocycles. The second-order valence-corrected chi connectivity index (χ2v) is 9.48. The van der Waals surface area contributed by atoms with E-state index in [2.05, 4.69) is 19.3 Å². The second kappa shape index (κ2) is 9.66. The Kier molecular flexibility index (Phi) is 6.81. The van der Waals surface area contributed by atoms with Crippen LogP contribution in [0.25, 0.3) is 5.69 Å². The Balaban J connectivity index is 1.71. The summed E-state index contributed by atoms with van der Waals surface area (Å²) < 4.78 is 12.9. The number of ether oxygens (including phenoxy) is 2. The van der Waals surface area contributed by atoms with E-state index in [9.17, 15) is 14.4 Å². The normalized spacial score (nSPS) is 13.3. The van der Waals surface area contributed by atoms with Gasteiger partial charge >= 0.3 is 5.69 Å². The Morgan fingerprint density at radius 2 is 1.77 bits per heavy atom. The highest BCUT2D eigenvalue weighted by Crippen LogP contribution is 2.34. The van der Waals surface area contributed by atoms with E-state index in [0.29, 0.717) is 28.5 Å². The van der Waals surface area contributed by atoms with Crippen molar-refractivity contribution in [3.05, 3.63) is 67.5 Å². The lowest BCUT2D eigenvalue weighted by atomic mass is 9.91. The van der Waals surface area contributed by atoms with Crippen molar-refractivity contribution >= 4 is 20.5 Å². The molecule has 4 rings (SSSR count). The van der Waals surface area contributed by atoms with E-state index in [1.165, 1.54) is 6.92 Å². The number of benzene rings is 2. The first-order chi connectivity index (χ1) is 16.6. The van der Waals surface area contributed by atoms with Crippen LogP contribution in [0.5, 0.6) is 17.2 Å². The molecule has 1 N–H and O–H groups in total. The van der Waals surface area contributed by atoms with Crippen LogP contribution in [0.4, 0.5) is 0 Å². The summed E-state index contributed by atoms with van der Waals surface area (Å²) in [5.41, 5.74) is 1.53. The summed E-state index contributed by atoms with van der Waals surface area (Å²) in [6, 6.07) is 7.25. The van der Waals surface area contributed by atoms with Crippen LogP contribution in [0, 0.1) is 20.8 Å². The van der Waals surface area contributed by atoms with Crippen molar-refractivity contribution in [2.45, 2.75) is 46.1 Å². The summed E-state index contributed by atoms with van der Waals surface area (Å²) in [6.07, 6.45) is 3.15. The monoisotopic (exact) mass is 496 g/mol. The average Bonchev–Trinajstić information content (AvgIpc) is 2.77. The molecule has 2 aromatic carbocycles. The predicted octanol–water partition coefficient (Wildman–Crippen LogP) is 2.77. The number of amides is 1. The van der Waals surface area contributed by atoms with E-state index in [4.69, 9.17) is 9.47 Å². The molecule has 10 heteroatoms. The maximum Gasteiger partial charge on any atom is 0.349 e. The minimum absolute atomic E-state index is 0.107. The van der Waals surface area contributed by atoms with Crippen LogP contribution in [0.3, 0.4) is 0 Å². The number of methoxy groups -OCH3 is 1. The zero-order valence-electron chi connectivity index (χ0n) is 20.5. The molecule has 0 bridgehead atoms. The van der Waals surface area contributed by atoms with Gasteiger partial charge in [-0.2, -0.15) is 9.78 Å². The molecule has 1 amide bonds. The number of hydrogen-bond acceptors (Lipinski definition) is 6. The Morgan fingerprint density at radius 3 is 2.34 bits per heavy atom. The third-order valence-corrected chi connectivity index (χ3v) is 6.85. The third-order valence-electron chi connectivity index (χ3n) is 6.40. The van der Waals surface area contributed by atoms with E-state index in [1.54, 1.807) is 36.3 Å². The van der Waals surface area contributed by atoms with Crippen molar-refractivity contribution in [1.29, 1.82) is 0 Å². The van der Waals surface area contributed by atoms with Crippen LogP contribution in [0.15, 0.2) is 33.9 Å². The number of hydrogen-bond donors (Lipinski definition) is 1. The van der Waals surface area contributed by atoms with Crippen molar-refractivity contribution in [3.63, 3.8) is 0 Å². The molecule has 0 aliphatic heterocycles. The molecule has 1 heterocycles. The fraction of sp³-hybridized carbons (Fsp3) is 0.360. The molecule has 184 valence electrons. The number of H-pyrrole nitrogens is 1. The fourth-order valence-corrected chi connectivity index (χ4v) is 4.40. The van der Waals surface area contributed by atoms with Gasteiger partial charge in [-0.15, -0.1) is 9.24 Å².